The number of carbonyl (C=O) groups is 1. The molecule has 5 nitrogen and oxygen atoms in total. The van der Waals surface area contributed by atoms with Crippen molar-refractivity contribution in [3.05, 3.63) is 53.9 Å². The van der Waals surface area contributed by atoms with Gasteiger partial charge in [0.2, 0.25) is 0 Å². The van der Waals surface area contributed by atoms with Crippen LogP contribution in [0.15, 0.2) is 42.6 Å². The molecule has 0 saturated carbocycles. The van der Waals surface area contributed by atoms with Gasteiger partial charge in [0.15, 0.2) is 0 Å². The molecule has 1 aromatic heterocycles. The molecular formula is C15H16N2O3. The van der Waals surface area contributed by atoms with Gasteiger partial charge >= 0.3 is 5.97 Å². The second-order valence-electron chi connectivity index (χ2n) is 4.27. The lowest BCUT2D eigenvalue weighted by molar-refractivity contribution is -0.144. The van der Waals surface area contributed by atoms with E-state index in [0.717, 1.165) is 11.3 Å². The number of hydrogen-bond acceptors (Lipinski definition) is 5. The van der Waals surface area contributed by atoms with Crippen LogP contribution in [0.5, 0.6) is 5.75 Å². The predicted molar refractivity (Wildman–Crippen MR) is 75.1 cm³/mol. The van der Waals surface area contributed by atoms with Crippen LogP contribution in [0.25, 0.3) is 0 Å². The maximum Gasteiger partial charge on any atom is 0.312 e. The molecule has 20 heavy (non-hydrogen) atoms. The van der Waals surface area contributed by atoms with Gasteiger partial charge in [0, 0.05) is 0 Å². The van der Waals surface area contributed by atoms with Crippen LogP contribution in [0.2, 0.25) is 0 Å². The Bertz CT molecular complexity index is 565. The van der Waals surface area contributed by atoms with Gasteiger partial charge in [-0.3, -0.25) is 9.78 Å². The lowest BCUT2D eigenvalue weighted by Gasteiger charge is -2.06. The minimum absolute atomic E-state index is 0.135. The zero-order valence-electron chi connectivity index (χ0n) is 11.2. The first kappa shape index (κ1) is 13.9. The lowest BCUT2D eigenvalue weighted by Crippen LogP contribution is -2.09. The molecule has 0 spiro atoms. The van der Waals surface area contributed by atoms with E-state index in [1.165, 1.54) is 6.20 Å². The molecule has 0 radical (unpaired) electrons. The molecule has 5 heteroatoms. The van der Waals surface area contributed by atoms with Gasteiger partial charge in [-0.2, -0.15) is 0 Å². The fourth-order valence-electron chi connectivity index (χ4n) is 1.63. The van der Waals surface area contributed by atoms with Crippen LogP contribution in [0.4, 0.5) is 5.69 Å². The van der Waals surface area contributed by atoms with Crippen LogP contribution in [-0.2, 0) is 22.6 Å². The third kappa shape index (κ3) is 3.98. The molecule has 1 heterocycles. The number of carbonyl (C=O) groups excluding carboxylic acids is 1. The summed E-state index contributed by atoms with van der Waals surface area (Å²) in [7, 11) is 1.61. The number of nitrogen functional groups attached to an aromatic ring is 1. The van der Waals surface area contributed by atoms with E-state index in [2.05, 4.69) is 4.98 Å². The highest BCUT2D eigenvalue weighted by atomic mass is 16.5. The predicted octanol–water partition coefficient (Wildman–Crippen LogP) is 1.96. The Morgan fingerprint density at radius 1 is 1.20 bits per heavy atom. The van der Waals surface area contributed by atoms with Crippen molar-refractivity contribution in [2.75, 3.05) is 12.8 Å². The second-order valence-corrected chi connectivity index (χ2v) is 4.27. The summed E-state index contributed by atoms with van der Waals surface area (Å²) in [5.41, 5.74) is 7.64. The van der Waals surface area contributed by atoms with Crippen molar-refractivity contribution in [3.63, 3.8) is 0 Å². The van der Waals surface area contributed by atoms with Crippen LogP contribution >= 0.6 is 0 Å². The van der Waals surface area contributed by atoms with E-state index in [1.807, 2.05) is 24.3 Å². The number of rotatable bonds is 5. The van der Waals surface area contributed by atoms with Gasteiger partial charge in [0.05, 0.1) is 31.1 Å². The molecule has 0 aliphatic heterocycles. The Balaban J connectivity index is 1.83. The molecule has 2 aromatic rings. The fourth-order valence-corrected chi connectivity index (χ4v) is 1.63. The number of esters is 1. The number of nitrogens with two attached hydrogens (primary N) is 1. The number of methoxy groups -OCH3 is 1. The molecular weight excluding hydrogens is 256 g/mol. The Labute approximate surface area is 117 Å². The molecule has 2 N–H and O–H groups in total. The van der Waals surface area contributed by atoms with Crippen molar-refractivity contribution >= 4 is 11.7 Å². The molecule has 0 amide bonds. The van der Waals surface area contributed by atoms with Gasteiger partial charge in [0.1, 0.15) is 12.4 Å². The van der Waals surface area contributed by atoms with E-state index in [-0.39, 0.29) is 19.0 Å². The van der Waals surface area contributed by atoms with Crippen LogP contribution in [-0.4, -0.2) is 18.1 Å². The largest absolute Gasteiger partial charge is 0.497 e. The molecule has 2 rings (SSSR count). The number of ether oxygens (including phenoxy) is 2. The van der Waals surface area contributed by atoms with Crippen molar-refractivity contribution in [3.8, 4) is 5.75 Å². The highest BCUT2D eigenvalue weighted by molar-refractivity contribution is 5.72. The Morgan fingerprint density at radius 2 is 1.95 bits per heavy atom. The van der Waals surface area contributed by atoms with Gasteiger partial charge in [-0.15, -0.1) is 0 Å². The number of nitrogens with zero attached hydrogens (tertiary/aromatic N) is 1. The van der Waals surface area contributed by atoms with E-state index < -0.39 is 0 Å². The lowest BCUT2D eigenvalue weighted by atomic mass is 10.2. The van der Waals surface area contributed by atoms with Gasteiger partial charge in [0.25, 0.3) is 0 Å². The average Bonchev–Trinajstić information content (AvgIpc) is 2.48. The Kier molecular flexibility index (Phi) is 4.55. The molecule has 0 unspecified atom stereocenters. The maximum atomic E-state index is 11.7. The summed E-state index contributed by atoms with van der Waals surface area (Å²) < 4.78 is 10.2. The number of pyridine rings is 1. The molecule has 0 atom stereocenters. The first-order valence-electron chi connectivity index (χ1n) is 6.16. The number of benzene rings is 1. The molecule has 0 aliphatic carbocycles. The second kappa shape index (κ2) is 6.56. The zero-order valence-corrected chi connectivity index (χ0v) is 11.2. The maximum absolute atomic E-state index is 11.7. The zero-order chi connectivity index (χ0) is 14.4. The Morgan fingerprint density at radius 3 is 2.55 bits per heavy atom. The standard InChI is InChI=1S/C15H16N2O3/c1-19-14-6-2-11(3-7-14)10-20-15(18)8-13-5-4-12(16)9-17-13/h2-7,9H,8,10,16H2,1H3. The highest BCUT2D eigenvalue weighted by Gasteiger charge is 2.06. The smallest absolute Gasteiger partial charge is 0.312 e. The molecule has 0 fully saturated rings. The quantitative estimate of drug-likeness (QED) is 0.842. The molecule has 1 aromatic carbocycles. The summed E-state index contributed by atoms with van der Waals surface area (Å²) in [4.78, 5) is 15.7. The van der Waals surface area contributed by atoms with Crippen LogP contribution in [0.1, 0.15) is 11.3 Å². The summed E-state index contributed by atoms with van der Waals surface area (Å²) in [5.74, 6) is 0.448. The molecule has 0 bridgehead atoms. The van der Waals surface area contributed by atoms with Crippen LogP contribution in [0, 0.1) is 0 Å². The van der Waals surface area contributed by atoms with Crippen molar-refractivity contribution in [1.82, 2.24) is 4.98 Å². The third-order valence-corrected chi connectivity index (χ3v) is 2.73. The van der Waals surface area contributed by atoms with E-state index in [1.54, 1.807) is 19.2 Å². The Hall–Kier alpha value is -2.56. The first-order chi connectivity index (χ1) is 9.67. The van der Waals surface area contributed by atoms with Gasteiger partial charge < -0.3 is 15.2 Å². The molecule has 0 saturated heterocycles. The number of hydrogen-bond donors (Lipinski definition) is 1. The summed E-state index contributed by atoms with van der Waals surface area (Å²) in [6.45, 7) is 0.234. The third-order valence-electron chi connectivity index (χ3n) is 2.73. The fraction of sp³-hybridized carbons (Fsp3) is 0.200. The minimum atomic E-state index is -0.321. The number of aromatic nitrogens is 1. The highest BCUT2D eigenvalue weighted by Crippen LogP contribution is 2.12. The van der Waals surface area contributed by atoms with E-state index >= 15 is 0 Å². The topological polar surface area (TPSA) is 74.4 Å². The SMILES string of the molecule is COc1ccc(COC(=O)Cc2ccc(N)cn2)cc1. The average molecular weight is 272 g/mol. The van der Waals surface area contributed by atoms with Gasteiger partial charge in [-0.05, 0) is 29.8 Å². The minimum Gasteiger partial charge on any atom is -0.497 e. The monoisotopic (exact) mass is 272 g/mol. The first-order valence-corrected chi connectivity index (χ1v) is 6.16. The molecule has 104 valence electrons. The van der Waals surface area contributed by atoms with E-state index in [9.17, 15) is 4.79 Å². The van der Waals surface area contributed by atoms with Crippen molar-refractivity contribution in [2.24, 2.45) is 0 Å². The van der Waals surface area contributed by atoms with Crippen molar-refractivity contribution < 1.29 is 14.3 Å². The van der Waals surface area contributed by atoms with Crippen LogP contribution in [0.3, 0.4) is 0 Å². The molecule has 0 aliphatic rings. The normalized spacial score (nSPS) is 10.1. The summed E-state index contributed by atoms with van der Waals surface area (Å²) in [6.07, 6.45) is 1.66. The van der Waals surface area contributed by atoms with E-state index in [4.69, 9.17) is 15.2 Å². The van der Waals surface area contributed by atoms with E-state index in [0.29, 0.717) is 11.4 Å². The summed E-state index contributed by atoms with van der Waals surface area (Å²) in [6, 6.07) is 10.8. The van der Waals surface area contributed by atoms with Crippen molar-refractivity contribution in [1.29, 1.82) is 0 Å². The summed E-state index contributed by atoms with van der Waals surface area (Å²) in [5, 5.41) is 0. The van der Waals surface area contributed by atoms with Crippen molar-refractivity contribution in [2.45, 2.75) is 13.0 Å². The van der Waals surface area contributed by atoms with Gasteiger partial charge in [-0.1, -0.05) is 12.1 Å². The van der Waals surface area contributed by atoms with Gasteiger partial charge in [-0.25, -0.2) is 0 Å². The van der Waals surface area contributed by atoms with Crippen LogP contribution < -0.4 is 10.5 Å². The number of anilines is 1. The summed E-state index contributed by atoms with van der Waals surface area (Å²) >= 11 is 0.